The summed E-state index contributed by atoms with van der Waals surface area (Å²) in [4.78, 5) is 15.2. The van der Waals surface area contributed by atoms with Crippen molar-refractivity contribution in [3.63, 3.8) is 0 Å². The van der Waals surface area contributed by atoms with Gasteiger partial charge in [-0.25, -0.2) is 4.39 Å². The molecule has 1 aromatic heterocycles. The van der Waals surface area contributed by atoms with Gasteiger partial charge in [-0.3, -0.25) is 4.79 Å². The van der Waals surface area contributed by atoms with E-state index in [0.29, 0.717) is 22.8 Å². The van der Waals surface area contributed by atoms with Gasteiger partial charge in [-0.1, -0.05) is 24.6 Å². The molecule has 0 unspecified atom stereocenters. The summed E-state index contributed by atoms with van der Waals surface area (Å²) in [5, 5.41) is 1.13. The standard InChI is InChI=1S/C21H23FN2O/c22-18-10-6-9-17-20(18)24(15-7-14-23-12-4-1-5-13-23)19-11-3-2-8-16(19)21(17)25/h2-3,6,8-11H,1,4-5,7,12-15H2. The van der Waals surface area contributed by atoms with E-state index in [-0.39, 0.29) is 11.2 Å². The molecule has 3 aromatic rings. The van der Waals surface area contributed by atoms with E-state index in [1.54, 1.807) is 12.1 Å². The highest BCUT2D eigenvalue weighted by Gasteiger charge is 2.14. The predicted octanol–water partition coefficient (Wildman–Crippen LogP) is 4.17. The molecule has 0 radical (unpaired) electrons. The first-order chi connectivity index (χ1) is 12.3. The Morgan fingerprint density at radius 3 is 2.48 bits per heavy atom. The molecule has 1 saturated heterocycles. The summed E-state index contributed by atoms with van der Waals surface area (Å²) in [6, 6.07) is 12.3. The second-order valence-corrected chi connectivity index (χ2v) is 6.89. The minimum Gasteiger partial charge on any atom is -0.338 e. The lowest BCUT2D eigenvalue weighted by atomic mass is 10.1. The molecule has 0 bridgehead atoms. The van der Waals surface area contributed by atoms with Gasteiger partial charge in [0.2, 0.25) is 0 Å². The maximum atomic E-state index is 14.6. The third-order valence-electron chi connectivity index (χ3n) is 5.25. The zero-order valence-corrected chi connectivity index (χ0v) is 14.4. The molecule has 0 atom stereocenters. The number of rotatable bonds is 4. The number of aromatic nitrogens is 1. The molecule has 1 aliphatic rings. The zero-order chi connectivity index (χ0) is 17.2. The fraction of sp³-hybridized carbons (Fsp3) is 0.381. The minimum absolute atomic E-state index is 0.0858. The Morgan fingerprint density at radius 1 is 0.880 bits per heavy atom. The van der Waals surface area contributed by atoms with Gasteiger partial charge in [-0.05, 0) is 63.2 Å². The van der Waals surface area contributed by atoms with Gasteiger partial charge in [-0.15, -0.1) is 0 Å². The van der Waals surface area contributed by atoms with E-state index in [1.807, 2.05) is 28.8 Å². The average molecular weight is 338 g/mol. The molecular weight excluding hydrogens is 315 g/mol. The van der Waals surface area contributed by atoms with Gasteiger partial charge in [-0.2, -0.15) is 0 Å². The van der Waals surface area contributed by atoms with Crippen LogP contribution in [0, 0.1) is 5.82 Å². The summed E-state index contributed by atoms with van der Waals surface area (Å²) in [7, 11) is 0. The molecule has 0 aliphatic carbocycles. The number of hydrogen-bond acceptors (Lipinski definition) is 2. The Kier molecular flexibility index (Phi) is 4.53. The van der Waals surface area contributed by atoms with Crippen molar-refractivity contribution >= 4 is 21.8 Å². The van der Waals surface area contributed by atoms with Crippen LogP contribution in [0.1, 0.15) is 25.7 Å². The maximum absolute atomic E-state index is 14.6. The molecule has 25 heavy (non-hydrogen) atoms. The molecule has 0 saturated carbocycles. The smallest absolute Gasteiger partial charge is 0.197 e. The van der Waals surface area contributed by atoms with Crippen molar-refractivity contribution in [1.82, 2.24) is 9.47 Å². The topological polar surface area (TPSA) is 25.2 Å². The van der Waals surface area contributed by atoms with Crippen LogP contribution < -0.4 is 5.43 Å². The highest BCUT2D eigenvalue weighted by Crippen LogP contribution is 2.22. The number of hydrogen-bond donors (Lipinski definition) is 0. The number of pyridine rings is 1. The summed E-state index contributed by atoms with van der Waals surface area (Å²) in [5.74, 6) is -0.321. The minimum atomic E-state index is -0.321. The molecule has 4 heteroatoms. The van der Waals surface area contributed by atoms with Crippen LogP contribution in [0.2, 0.25) is 0 Å². The van der Waals surface area contributed by atoms with Crippen molar-refractivity contribution in [1.29, 1.82) is 0 Å². The normalized spacial score (nSPS) is 15.9. The fourth-order valence-electron chi connectivity index (χ4n) is 4.01. The Bertz CT molecular complexity index is 957. The van der Waals surface area contributed by atoms with Crippen molar-refractivity contribution in [3.8, 4) is 0 Å². The summed E-state index contributed by atoms with van der Waals surface area (Å²) >= 11 is 0. The molecule has 4 rings (SSSR count). The summed E-state index contributed by atoms with van der Waals surface area (Å²) < 4.78 is 16.6. The van der Waals surface area contributed by atoms with E-state index >= 15 is 0 Å². The molecule has 130 valence electrons. The predicted molar refractivity (Wildman–Crippen MR) is 101 cm³/mol. The van der Waals surface area contributed by atoms with E-state index in [2.05, 4.69) is 4.90 Å². The fourth-order valence-corrected chi connectivity index (χ4v) is 4.01. The Labute approximate surface area is 146 Å². The number of benzene rings is 2. The molecule has 0 amide bonds. The number of nitrogens with zero attached hydrogens (tertiary/aromatic N) is 2. The molecule has 3 nitrogen and oxygen atoms in total. The van der Waals surface area contributed by atoms with Gasteiger partial charge in [0.05, 0.1) is 11.0 Å². The second kappa shape index (κ2) is 6.96. The summed E-state index contributed by atoms with van der Waals surface area (Å²) in [6.07, 6.45) is 4.84. The molecule has 0 N–H and O–H groups in total. The van der Waals surface area contributed by atoms with E-state index < -0.39 is 0 Å². The number of fused-ring (bicyclic) bond motifs is 2. The van der Waals surface area contributed by atoms with Gasteiger partial charge in [0.1, 0.15) is 5.82 Å². The summed E-state index contributed by atoms with van der Waals surface area (Å²) in [5.41, 5.74) is 1.17. The lowest BCUT2D eigenvalue weighted by Crippen LogP contribution is -2.31. The van der Waals surface area contributed by atoms with Crippen LogP contribution in [-0.4, -0.2) is 29.1 Å². The lowest BCUT2D eigenvalue weighted by molar-refractivity contribution is 0.223. The Morgan fingerprint density at radius 2 is 1.64 bits per heavy atom. The van der Waals surface area contributed by atoms with Crippen LogP contribution in [0.3, 0.4) is 0 Å². The van der Waals surface area contributed by atoms with Crippen LogP contribution in [0.15, 0.2) is 47.3 Å². The molecule has 1 aliphatic heterocycles. The first-order valence-electron chi connectivity index (χ1n) is 9.18. The van der Waals surface area contributed by atoms with Gasteiger partial charge in [0.15, 0.2) is 5.43 Å². The number of para-hydroxylation sites is 2. The SMILES string of the molecule is O=c1c2ccccc2n(CCCN2CCCCC2)c2c(F)cccc12. The van der Waals surface area contributed by atoms with E-state index in [0.717, 1.165) is 18.5 Å². The van der Waals surface area contributed by atoms with E-state index in [9.17, 15) is 9.18 Å². The highest BCUT2D eigenvalue weighted by atomic mass is 19.1. The molecule has 2 heterocycles. The molecule has 0 spiro atoms. The van der Waals surface area contributed by atoms with Crippen LogP contribution in [0.4, 0.5) is 4.39 Å². The largest absolute Gasteiger partial charge is 0.338 e. The maximum Gasteiger partial charge on any atom is 0.197 e. The van der Waals surface area contributed by atoms with Gasteiger partial charge >= 0.3 is 0 Å². The lowest BCUT2D eigenvalue weighted by Gasteiger charge is -2.26. The van der Waals surface area contributed by atoms with Crippen LogP contribution >= 0.6 is 0 Å². The highest BCUT2D eigenvalue weighted by molar-refractivity contribution is 5.93. The van der Waals surface area contributed by atoms with Gasteiger partial charge in [0.25, 0.3) is 0 Å². The first-order valence-corrected chi connectivity index (χ1v) is 9.18. The summed E-state index contributed by atoms with van der Waals surface area (Å²) in [6.45, 7) is 4.07. The monoisotopic (exact) mass is 338 g/mol. The second-order valence-electron chi connectivity index (χ2n) is 6.89. The Hall–Kier alpha value is -2.20. The molecular formula is C21H23FN2O. The third kappa shape index (κ3) is 3.07. The zero-order valence-electron chi connectivity index (χ0n) is 14.4. The molecule has 1 fully saturated rings. The van der Waals surface area contributed by atoms with Gasteiger partial charge < -0.3 is 9.47 Å². The van der Waals surface area contributed by atoms with Crippen molar-refractivity contribution in [2.45, 2.75) is 32.2 Å². The number of halogens is 1. The van der Waals surface area contributed by atoms with E-state index in [1.165, 1.54) is 38.4 Å². The number of piperidine rings is 1. The Balaban J connectivity index is 1.74. The van der Waals surface area contributed by atoms with E-state index in [4.69, 9.17) is 0 Å². The molecule has 2 aromatic carbocycles. The number of aryl methyl sites for hydroxylation is 1. The van der Waals surface area contributed by atoms with Crippen LogP contribution in [-0.2, 0) is 6.54 Å². The van der Waals surface area contributed by atoms with Crippen molar-refractivity contribution < 1.29 is 4.39 Å². The first kappa shape index (κ1) is 16.3. The van der Waals surface area contributed by atoms with Gasteiger partial charge in [0, 0.05) is 17.3 Å². The van der Waals surface area contributed by atoms with Crippen molar-refractivity contribution in [2.75, 3.05) is 19.6 Å². The number of likely N-dealkylation sites (tertiary alicyclic amines) is 1. The van der Waals surface area contributed by atoms with Crippen LogP contribution in [0.25, 0.3) is 21.8 Å². The third-order valence-corrected chi connectivity index (χ3v) is 5.25. The quantitative estimate of drug-likeness (QED) is 0.667. The van der Waals surface area contributed by atoms with Crippen molar-refractivity contribution in [2.24, 2.45) is 0 Å². The van der Waals surface area contributed by atoms with Crippen LogP contribution in [0.5, 0.6) is 0 Å². The average Bonchev–Trinajstić information content (AvgIpc) is 2.65. The van der Waals surface area contributed by atoms with Crippen molar-refractivity contribution in [3.05, 3.63) is 58.5 Å².